The zero-order valence-electron chi connectivity index (χ0n) is 10.4. The van der Waals surface area contributed by atoms with Gasteiger partial charge in [0.2, 0.25) is 5.91 Å². The smallest absolute Gasteiger partial charge is 0.220 e. The van der Waals surface area contributed by atoms with E-state index in [0.29, 0.717) is 6.42 Å². The van der Waals surface area contributed by atoms with Gasteiger partial charge in [-0.3, -0.25) is 4.79 Å². The van der Waals surface area contributed by atoms with Crippen molar-refractivity contribution >= 4 is 5.91 Å². The minimum Gasteiger partial charge on any atom is -0.392 e. The molecule has 1 atom stereocenters. The second kappa shape index (κ2) is 7.07. The maximum absolute atomic E-state index is 10.6. The third kappa shape index (κ3) is 5.50. The Kier molecular flexibility index (Phi) is 5.70. The average Bonchev–Trinajstić information content (AvgIpc) is 2.27. The van der Waals surface area contributed by atoms with Crippen LogP contribution in [0.15, 0.2) is 24.3 Å². The summed E-state index contributed by atoms with van der Waals surface area (Å²) in [6.07, 6.45) is 3.33. The van der Waals surface area contributed by atoms with Gasteiger partial charge in [0.15, 0.2) is 0 Å². The summed E-state index contributed by atoms with van der Waals surface area (Å²) < 4.78 is 0. The first-order valence-corrected chi connectivity index (χ1v) is 6.16. The van der Waals surface area contributed by atoms with Crippen molar-refractivity contribution < 1.29 is 9.90 Å². The quantitative estimate of drug-likeness (QED) is 0.757. The number of nitrogens with two attached hydrogens (primary N) is 1. The SMILES string of the molecule is CCCCc1ccc(C[C@@H](O)CC(N)=O)cc1. The first-order valence-electron chi connectivity index (χ1n) is 6.16. The fourth-order valence-electron chi connectivity index (χ4n) is 1.80. The van der Waals surface area contributed by atoms with Crippen LogP contribution in [0.25, 0.3) is 0 Å². The number of benzene rings is 1. The first-order chi connectivity index (χ1) is 8.11. The molecular formula is C14H21NO2. The van der Waals surface area contributed by atoms with Crippen LogP contribution in [0.4, 0.5) is 0 Å². The number of hydrogen-bond acceptors (Lipinski definition) is 2. The topological polar surface area (TPSA) is 63.3 Å². The predicted molar refractivity (Wildman–Crippen MR) is 68.6 cm³/mol. The van der Waals surface area contributed by atoms with Crippen LogP contribution in [0.1, 0.15) is 37.3 Å². The maximum Gasteiger partial charge on any atom is 0.220 e. The van der Waals surface area contributed by atoms with Crippen LogP contribution in [-0.2, 0) is 17.6 Å². The Hall–Kier alpha value is -1.35. The number of aryl methyl sites for hydroxylation is 1. The number of unbranched alkanes of at least 4 members (excludes halogenated alkanes) is 1. The molecule has 0 radical (unpaired) electrons. The van der Waals surface area contributed by atoms with Gasteiger partial charge in [0.05, 0.1) is 12.5 Å². The average molecular weight is 235 g/mol. The molecule has 0 aromatic heterocycles. The highest BCUT2D eigenvalue weighted by Gasteiger charge is 2.08. The number of aliphatic hydroxyl groups excluding tert-OH is 1. The molecule has 3 nitrogen and oxygen atoms in total. The summed E-state index contributed by atoms with van der Waals surface area (Å²) in [4.78, 5) is 10.6. The summed E-state index contributed by atoms with van der Waals surface area (Å²) in [5.41, 5.74) is 7.39. The lowest BCUT2D eigenvalue weighted by atomic mass is 10.0. The Morgan fingerprint density at radius 3 is 2.41 bits per heavy atom. The van der Waals surface area contributed by atoms with E-state index in [9.17, 15) is 9.90 Å². The second-order valence-electron chi connectivity index (χ2n) is 4.45. The highest BCUT2D eigenvalue weighted by atomic mass is 16.3. The molecule has 3 N–H and O–H groups in total. The number of carbonyl (C=O) groups excluding carboxylic acids is 1. The van der Waals surface area contributed by atoms with E-state index in [4.69, 9.17) is 5.73 Å². The van der Waals surface area contributed by atoms with E-state index in [1.54, 1.807) is 0 Å². The molecular weight excluding hydrogens is 214 g/mol. The molecule has 0 saturated heterocycles. The third-order valence-electron chi connectivity index (χ3n) is 2.75. The first kappa shape index (κ1) is 13.7. The molecule has 0 bridgehead atoms. The summed E-state index contributed by atoms with van der Waals surface area (Å²) in [5, 5.41) is 9.58. The molecule has 0 heterocycles. The molecule has 17 heavy (non-hydrogen) atoms. The van der Waals surface area contributed by atoms with Crippen LogP contribution >= 0.6 is 0 Å². The normalized spacial score (nSPS) is 12.4. The molecule has 1 aromatic rings. The third-order valence-corrected chi connectivity index (χ3v) is 2.75. The van der Waals surface area contributed by atoms with Gasteiger partial charge < -0.3 is 10.8 Å². The molecule has 1 rings (SSSR count). The summed E-state index contributed by atoms with van der Waals surface area (Å²) in [6.45, 7) is 2.18. The highest BCUT2D eigenvalue weighted by Crippen LogP contribution is 2.10. The Labute approximate surface area is 103 Å². The van der Waals surface area contributed by atoms with Gasteiger partial charge in [-0.25, -0.2) is 0 Å². The van der Waals surface area contributed by atoms with Crippen LogP contribution in [0.2, 0.25) is 0 Å². The lowest BCUT2D eigenvalue weighted by Crippen LogP contribution is -2.21. The molecule has 0 unspecified atom stereocenters. The van der Waals surface area contributed by atoms with Gasteiger partial charge in [0.25, 0.3) is 0 Å². The van der Waals surface area contributed by atoms with E-state index in [0.717, 1.165) is 12.0 Å². The van der Waals surface area contributed by atoms with Gasteiger partial charge in [0, 0.05) is 0 Å². The van der Waals surface area contributed by atoms with E-state index in [2.05, 4.69) is 19.1 Å². The molecule has 1 amide bonds. The van der Waals surface area contributed by atoms with E-state index in [1.807, 2.05) is 12.1 Å². The van der Waals surface area contributed by atoms with Gasteiger partial charge >= 0.3 is 0 Å². The van der Waals surface area contributed by atoms with Crippen molar-refractivity contribution in [2.75, 3.05) is 0 Å². The molecule has 0 spiro atoms. The fourth-order valence-corrected chi connectivity index (χ4v) is 1.80. The van der Waals surface area contributed by atoms with Crippen LogP contribution in [0, 0.1) is 0 Å². The monoisotopic (exact) mass is 235 g/mol. The van der Waals surface area contributed by atoms with Gasteiger partial charge in [0.1, 0.15) is 0 Å². The zero-order chi connectivity index (χ0) is 12.7. The number of hydrogen-bond donors (Lipinski definition) is 2. The predicted octanol–water partition coefficient (Wildman–Crippen LogP) is 1.81. The van der Waals surface area contributed by atoms with Gasteiger partial charge in [-0.05, 0) is 30.4 Å². The van der Waals surface area contributed by atoms with Crippen molar-refractivity contribution in [1.29, 1.82) is 0 Å². The van der Waals surface area contributed by atoms with Crippen LogP contribution < -0.4 is 5.73 Å². The summed E-state index contributed by atoms with van der Waals surface area (Å²) in [7, 11) is 0. The molecule has 0 aliphatic carbocycles. The second-order valence-corrected chi connectivity index (χ2v) is 4.45. The Morgan fingerprint density at radius 1 is 1.29 bits per heavy atom. The lowest BCUT2D eigenvalue weighted by molar-refractivity contribution is -0.119. The molecule has 94 valence electrons. The van der Waals surface area contributed by atoms with E-state index < -0.39 is 12.0 Å². The minimum absolute atomic E-state index is 0.0254. The molecule has 0 aliphatic heterocycles. The number of rotatable bonds is 7. The van der Waals surface area contributed by atoms with Crippen molar-refractivity contribution in [2.24, 2.45) is 5.73 Å². The van der Waals surface area contributed by atoms with Crippen molar-refractivity contribution in [2.45, 2.75) is 45.1 Å². The maximum atomic E-state index is 10.6. The van der Waals surface area contributed by atoms with Crippen LogP contribution in [0.5, 0.6) is 0 Å². The van der Waals surface area contributed by atoms with Crippen molar-refractivity contribution in [1.82, 2.24) is 0 Å². The summed E-state index contributed by atoms with van der Waals surface area (Å²) >= 11 is 0. The zero-order valence-corrected chi connectivity index (χ0v) is 10.4. The van der Waals surface area contributed by atoms with E-state index >= 15 is 0 Å². The molecule has 3 heteroatoms. The molecule has 0 saturated carbocycles. The number of primary amides is 1. The lowest BCUT2D eigenvalue weighted by Gasteiger charge is -2.09. The molecule has 0 fully saturated rings. The van der Waals surface area contributed by atoms with Gasteiger partial charge in [-0.2, -0.15) is 0 Å². The van der Waals surface area contributed by atoms with Crippen LogP contribution in [-0.4, -0.2) is 17.1 Å². The van der Waals surface area contributed by atoms with E-state index in [-0.39, 0.29) is 6.42 Å². The standard InChI is InChI=1S/C14H21NO2/c1-2-3-4-11-5-7-12(8-6-11)9-13(16)10-14(15)17/h5-8,13,16H,2-4,9-10H2,1H3,(H2,15,17)/t13-/m1/s1. The highest BCUT2D eigenvalue weighted by molar-refractivity contribution is 5.74. The van der Waals surface area contributed by atoms with E-state index in [1.165, 1.54) is 18.4 Å². The largest absolute Gasteiger partial charge is 0.392 e. The Bertz CT molecular complexity index is 346. The fraction of sp³-hybridized carbons (Fsp3) is 0.500. The van der Waals surface area contributed by atoms with Gasteiger partial charge in [-0.15, -0.1) is 0 Å². The summed E-state index contributed by atoms with van der Waals surface area (Å²) in [5.74, 6) is -0.461. The van der Waals surface area contributed by atoms with Crippen LogP contribution in [0.3, 0.4) is 0 Å². The number of carbonyl (C=O) groups is 1. The van der Waals surface area contributed by atoms with Gasteiger partial charge in [-0.1, -0.05) is 37.6 Å². The molecule has 1 aromatic carbocycles. The summed E-state index contributed by atoms with van der Waals surface area (Å²) in [6, 6.07) is 8.19. The molecule has 0 aliphatic rings. The number of amides is 1. The van der Waals surface area contributed by atoms with Crippen molar-refractivity contribution in [3.05, 3.63) is 35.4 Å². The number of aliphatic hydroxyl groups is 1. The van der Waals surface area contributed by atoms with Crippen molar-refractivity contribution in [3.8, 4) is 0 Å². The van der Waals surface area contributed by atoms with Crippen molar-refractivity contribution in [3.63, 3.8) is 0 Å². The minimum atomic E-state index is -0.672. The Balaban J connectivity index is 2.47. The Morgan fingerprint density at radius 2 is 1.88 bits per heavy atom.